The molecule has 0 aliphatic carbocycles. The Labute approximate surface area is 89.9 Å². The number of carboxylic acid groups (broad SMARTS) is 1. The number of halogens is 1. The molecule has 0 aliphatic rings. The number of nitrogens with zero attached hydrogens (tertiary/aromatic N) is 3. The molecular weight excluding hydrogens is 218 g/mol. The maximum Gasteiger partial charge on any atom is 0.338 e. The fourth-order valence-corrected chi connectivity index (χ4v) is 1.28. The van der Waals surface area contributed by atoms with Crippen LogP contribution < -0.4 is 0 Å². The van der Waals surface area contributed by atoms with Gasteiger partial charge in [-0.2, -0.15) is 5.10 Å². The minimum Gasteiger partial charge on any atom is -0.478 e. The number of hydrogen-bond donors (Lipinski definition) is 1. The Morgan fingerprint density at radius 2 is 2.33 bits per heavy atom. The van der Waals surface area contributed by atoms with Crippen LogP contribution in [-0.4, -0.2) is 25.8 Å². The third-order valence-electron chi connectivity index (χ3n) is 1.80. The highest BCUT2D eigenvalue weighted by Gasteiger charge is 2.07. The Bertz CT molecular complexity index is 510. The highest BCUT2D eigenvalue weighted by Crippen LogP contribution is 2.11. The predicted octanol–water partition coefficient (Wildman–Crippen LogP) is 1.62. The van der Waals surface area contributed by atoms with E-state index in [2.05, 4.69) is 10.1 Å². The first-order valence-electron chi connectivity index (χ1n) is 4.07. The van der Waals surface area contributed by atoms with Crippen LogP contribution in [-0.2, 0) is 0 Å². The highest BCUT2D eigenvalue weighted by atomic mass is 35.5. The van der Waals surface area contributed by atoms with E-state index in [0.29, 0.717) is 10.8 Å². The van der Waals surface area contributed by atoms with E-state index in [1.807, 2.05) is 0 Å². The van der Waals surface area contributed by atoms with Crippen molar-refractivity contribution in [3.8, 4) is 5.69 Å². The van der Waals surface area contributed by atoms with E-state index in [1.54, 1.807) is 12.1 Å². The Balaban J connectivity index is 2.41. The molecular formula is C9H6ClN3O2. The zero-order valence-corrected chi connectivity index (χ0v) is 8.22. The molecule has 2 rings (SSSR count). The van der Waals surface area contributed by atoms with E-state index >= 15 is 0 Å². The van der Waals surface area contributed by atoms with Crippen molar-refractivity contribution in [3.63, 3.8) is 0 Å². The lowest BCUT2D eigenvalue weighted by molar-refractivity contribution is 0.0697. The van der Waals surface area contributed by atoms with Crippen molar-refractivity contribution in [1.29, 1.82) is 0 Å². The van der Waals surface area contributed by atoms with Gasteiger partial charge in [0.05, 0.1) is 17.4 Å². The Morgan fingerprint density at radius 3 is 2.93 bits per heavy atom. The number of aromatic carboxylic acids is 1. The van der Waals surface area contributed by atoms with Crippen LogP contribution in [0.1, 0.15) is 10.4 Å². The third kappa shape index (κ3) is 1.97. The van der Waals surface area contributed by atoms with Gasteiger partial charge in [0.2, 0.25) is 0 Å². The Kier molecular flexibility index (Phi) is 2.39. The maximum atomic E-state index is 10.6. The van der Waals surface area contributed by atoms with Crippen molar-refractivity contribution in [2.75, 3.05) is 0 Å². The van der Waals surface area contributed by atoms with Gasteiger partial charge in [0.1, 0.15) is 5.15 Å². The van der Waals surface area contributed by atoms with E-state index in [9.17, 15) is 4.79 Å². The van der Waals surface area contributed by atoms with Gasteiger partial charge < -0.3 is 5.11 Å². The van der Waals surface area contributed by atoms with Crippen molar-refractivity contribution in [2.24, 2.45) is 0 Å². The summed E-state index contributed by atoms with van der Waals surface area (Å²) in [7, 11) is 0. The molecule has 15 heavy (non-hydrogen) atoms. The van der Waals surface area contributed by atoms with Gasteiger partial charge in [0, 0.05) is 18.5 Å². The largest absolute Gasteiger partial charge is 0.478 e. The first kappa shape index (κ1) is 9.67. The van der Waals surface area contributed by atoms with Crippen LogP contribution in [0.3, 0.4) is 0 Å². The molecule has 0 bridgehead atoms. The smallest absolute Gasteiger partial charge is 0.338 e. The number of aromatic nitrogens is 3. The lowest BCUT2D eigenvalue weighted by atomic mass is 10.4. The van der Waals surface area contributed by atoms with Crippen molar-refractivity contribution in [3.05, 3.63) is 41.4 Å². The van der Waals surface area contributed by atoms with Crippen molar-refractivity contribution < 1.29 is 9.90 Å². The van der Waals surface area contributed by atoms with Gasteiger partial charge in [-0.3, -0.25) is 0 Å². The fraction of sp³-hybridized carbons (Fsp3) is 0. The van der Waals surface area contributed by atoms with Gasteiger partial charge in [0.25, 0.3) is 0 Å². The summed E-state index contributed by atoms with van der Waals surface area (Å²) < 4.78 is 1.43. The number of rotatable bonds is 2. The molecule has 0 saturated heterocycles. The molecule has 0 atom stereocenters. The predicted molar refractivity (Wildman–Crippen MR) is 53.3 cm³/mol. The van der Waals surface area contributed by atoms with Crippen LogP contribution in [0.5, 0.6) is 0 Å². The van der Waals surface area contributed by atoms with Gasteiger partial charge >= 0.3 is 5.97 Å². The monoisotopic (exact) mass is 223 g/mol. The van der Waals surface area contributed by atoms with E-state index in [-0.39, 0.29) is 5.56 Å². The molecule has 0 aromatic carbocycles. The Morgan fingerprint density at radius 1 is 1.53 bits per heavy atom. The molecule has 0 amide bonds. The van der Waals surface area contributed by atoms with Crippen LogP contribution >= 0.6 is 11.6 Å². The van der Waals surface area contributed by atoms with Crippen LogP contribution in [0.2, 0.25) is 5.15 Å². The summed E-state index contributed by atoms with van der Waals surface area (Å²) in [5.41, 5.74) is 0.797. The molecule has 0 spiro atoms. The zero-order chi connectivity index (χ0) is 10.8. The van der Waals surface area contributed by atoms with Gasteiger partial charge in [-0.15, -0.1) is 0 Å². The summed E-state index contributed by atoms with van der Waals surface area (Å²) in [5.74, 6) is -1.01. The standard InChI is InChI=1S/C9H6ClN3O2/c10-8-3-7(1-2-11-8)13-5-6(4-12-13)9(14)15/h1-5H,(H,14,15). The second-order valence-electron chi connectivity index (χ2n) is 2.82. The lowest BCUT2D eigenvalue weighted by Gasteiger charge is -1.99. The SMILES string of the molecule is O=C(O)c1cnn(-c2ccnc(Cl)c2)c1. The van der Waals surface area contributed by atoms with Crippen LogP contribution in [0.15, 0.2) is 30.7 Å². The summed E-state index contributed by atoms with van der Waals surface area (Å²) in [5, 5.41) is 12.9. The van der Waals surface area contributed by atoms with E-state index in [4.69, 9.17) is 16.7 Å². The summed E-state index contributed by atoms with van der Waals surface area (Å²) in [6, 6.07) is 3.28. The minimum atomic E-state index is -1.01. The van der Waals surface area contributed by atoms with Crippen LogP contribution in [0.4, 0.5) is 0 Å². The molecule has 0 saturated carbocycles. The number of carbonyl (C=O) groups is 1. The second-order valence-corrected chi connectivity index (χ2v) is 3.20. The van der Waals surface area contributed by atoms with Crippen LogP contribution in [0, 0.1) is 0 Å². The van der Waals surface area contributed by atoms with Gasteiger partial charge in [-0.25, -0.2) is 14.5 Å². The Hall–Kier alpha value is -1.88. The maximum absolute atomic E-state index is 10.6. The second kappa shape index (κ2) is 3.70. The number of pyridine rings is 1. The molecule has 1 N–H and O–H groups in total. The summed E-state index contributed by atoms with van der Waals surface area (Å²) in [6.45, 7) is 0. The number of hydrogen-bond acceptors (Lipinski definition) is 3. The topological polar surface area (TPSA) is 68.0 Å². The molecule has 2 heterocycles. The molecule has 5 nitrogen and oxygen atoms in total. The molecule has 0 fully saturated rings. The van der Waals surface area contributed by atoms with Crippen molar-refractivity contribution >= 4 is 17.6 Å². The fourth-order valence-electron chi connectivity index (χ4n) is 1.11. The molecule has 0 unspecified atom stereocenters. The van der Waals surface area contributed by atoms with Crippen molar-refractivity contribution in [2.45, 2.75) is 0 Å². The first-order chi connectivity index (χ1) is 7.16. The normalized spacial score (nSPS) is 10.2. The molecule has 0 aliphatic heterocycles. The zero-order valence-electron chi connectivity index (χ0n) is 7.46. The van der Waals surface area contributed by atoms with Gasteiger partial charge in [-0.05, 0) is 6.07 Å². The quantitative estimate of drug-likeness (QED) is 0.786. The van der Waals surface area contributed by atoms with E-state index in [1.165, 1.54) is 23.3 Å². The van der Waals surface area contributed by atoms with E-state index < -0.39 is 5.97 Å². The lowest BCUT2D eigenvalue weighted by Crippen LogP contribution is -1.96. The van der Waals surface area contributed by atoms with Crippen LogP contribution in [0.25, 0.3) is 5.69 Å². The minimum absolute atomic E-state index is 0.128. The molecule has 76 valence electrons. The molecule has 2 aromatic heterocycles. The third-order valence-corrected chi connectivity index (χ3v) is 2.01. The number of carboxylic acids is 1. The molecule has 2 aromatic rings. The average molecular weight is 224 g/mol. The molecule has 0 radical (unpaired) electrons. The summed E-state index contributed by atoms with van der Waals surface area (Å²) in [4.78, 5) is 14.4. The molecule has 6 heteroatoms. The first-order valence-corrected chi connectivity index (χ1v) is 4.44. The van der Waals surface area contributed by atoms with Gasteiger partial charge in [0.15, 0.2) is 0 Å². The highest BCUT2D eigenvalue weighted by molar-refractivity contribution is 6.29. The summed E-state index contributed by atoms with van der Waals surface area (Å²) >= 11 is 5.70. The van der Waals surface area contributed by atoms with Crippen molar-refractivity contribution in [1.82, 2.24) is 14.8 Å². The summed E-state index contributed by atoms with van der Waals surface area (Å²) in [6.07, 6.45) is 4.21. The average Bonchev–Trinajstić information content (AvgIpc) is 2.66. The van der Waals surface area contributed by atoms with Gasteiger partial charge in [-0.1, -0.05) is 11.6 Å². The van der Waals surface area contributed by atoms with E-state index in [0.717, 1.165) is 0 Å².